The van der Waals surface area contributed by atoms with Gasteiger partial charge in [0.2, 0.25) is 0 Å². The monoisotopic (exact) mass is 289 g/mol. The Bertz CT molecular complexity index is 545. The molecule has 2 atom stereocenters. The summed E-state index contributed by atoms with van der Waals surface area (Å²) < 4.78 is 0. The molecule has 5 N–H and O–H groups in total. The largest absolute Gasteiger partial charge is 0.479 e. The number of hydrogen-bond acceptors (Lipinski definition) is 3. The third kappa shape index (κ3) is 4.68. The molecular formula is C16H19NO4. The van der Waals surface area contributed by atoms with Crippen molar-refractivity contribution in [3.05, 3.63) is 71.8 Å². The molecule has 0 aromatic heterocycles. The van der Waals surface area contributed by atoms with Crippen LogP contribution in [0.4, 0.5) is 0 Å². The van der Waals surface area contributed by atoms with Crippen LogP contribution in [0.1, 0.15) is 17.2 Å². The SMILES string of the molecule is O.O=C(O)[C@H](O)[C@@H](NCc1ccccc1)c1ccccc1. The number of aliphatic carboxylic acids is 1. The Morgan fingerprint density at radius 3 is 2.05 bits per heavy atom. The molecule has 0 spiro atoms. The van der Waals surface area contributed by atoms with Gasteiger partial charge < -0.3 is 21.0 Å². The summed E-state index contributed by atoms with van der Waals surface area (Å²) in [6.07, 6.45) is -1.49. The standard InChI is InChI=1S/C16H17NO3.H2O/c18-15(16(19)20)14(13-9-5-2-6-10-13)17-11-12-7-3-1-4-8-12;/h1-10,14-15,17-18H,11H2,(H,19,20);1H2/t14-,15+;/m0./s1. The van der Waals surface area contributed by atoms with Crippen LogP contribution in [0.15, 0.2) is 60.7 Å². The van der Waals surface area contributed by atoms with Crippen LogP contribution < -0.4 is 5.32 Å². The van der Waals surface area contributed by atoms with Crippen molar-refractivity contribution in [2.75, 3.05) is 0 Å². The Balaban J connectivity index is 0.00000220. The van der Waals surface area contributed by atoms with E-state index in [0.717, 1.165) is 11.1 Å². The molecule has 112 valence electrons. The predicted octanol–water partition coefficient (Wildman–Crippen LogP) is 1.14. The molecular weight excluding hydrogens is 270 g/mol. The second-order valence-electron chi connectivity index (χ2n) is 4.54. The maximum Gasteiger partial charge on any atom is 0.334 e. The Morgan fingerprint density at radius 2 is 1.52 bits per heavy atom. The third-order valence-electron chi connectivity index (χ3n) is 3.10. The van der Waals surface area contributed by atoms with E-state index in [1.165, 1.54) is 0 Å². The van der Waals surface area contributed by atoms with Crippen LogP contribution in [0.3, 0.4) is 0 Å². The second-order valence-corrected chi connectivity index (χ2v) is 4.54. The van der Waals surface area contributed by atoms with Gasteiger partial charge in [-0.1, -0.05) is 60.7 Å². The molecule has 0 heterocycles. The van der Waals surface area contributed by atoms with Gasteiger partial charge >= 0.3 is 5.97 Å². The highest BCUT2D eigenvalue weighted by Gasteiger charge is 2.26. The fourth-order valence-corrected chi connectivity index (χ4v) is 2.04. The topological polar surface area (TPSA) is 101 Å². The van der Waals surface area contributed by atoms with Gasteiger partial charge in [-0.05, 0) is 11.1 Å². The number of rotatable bonds is 6. The van der Waals surface area contributed by atoms with Gasteiger partial charge in [0.25, 0.3) is 0 Å². The lowest BCUT2D eigenvalue weighted by atomic mass is 10.0. The van der Waals surface area contributed by atoms with Crippen molar-refractivity contribution in [3.63, 3.8) is 0 Å². The van der Waals surface area contributed by atoms with Crippen LogP contribution in [-0.2, 0) is 11.3 Å². The zero-order valence-electron chi connectivity index (χ0n) is 11.4. The summed E-state index contributed by atoms with van der Waals surface area (Å²) in [5.74, 6) is -1.24. The minimum Gasteiger partial charge on any atom is -0.479 e. The zero-order valence-corrected chi connectivity index (χ0v) is 11.4. The first kappa shape index (κ1) is 16.8. The molecule has 0 unspecified atom stereocenters. The molecule has 5 heteroatoms. The van der Waals surface area contributed by atoms with Crippen molar-refractivity contribution in [2.45, 2.75) is 18.7 Å². The van der Waals surface area contributed by atoms with Crippen LogP contribution in [0.2, 0.25) is 0 Å². The molecule has 21 heavy (non-hydrogen) atoms. The Labute approximate surface area is 123 Å². The van der Waals surface area contributed by atoms with E-state index in [4.69, 9.17) is 5.11 Å². The van der Waals surface area contributed by atoms with E-state index in [2.05, 4.69) is 5.32 Å². The number of carboxylic acids is 1. The summed E-state index contributed by atoms with van der Waals surface area (Å²) in [5.41, 5.74) is 1.78. The number of carboxylic acid groups (broad SMARTS) is 1. The summed E-state index contributed by atoms with van der Waals surface area (Å²) in [6.45, 7) is 0.491. The summed E-state index contributed by atoms with van der Waals surface area (Å²) in [7, 11) is 0. The normalized spacial score (nSPS) is 13.0. The van der Waals surface area contributed by atoms with E-state index in [-0.39, 0.29) is 5.48 Å². The molecule has 0 aliphatic carbocycles. The quantitative estimate of drug-likeness (QED) is 0.742. The van der Waals surface area contributed by atoms with Crippen LogP contribution in [-0.4, -0.2) is 27.8 Å². The van der Waals surface area contributed by atoms with Crippen LogP contribution in [0.5, 0.6) is 0 Å². The molecule has 0 amide bonds. The van der Waals surface area contributed by atoms with E-state index in [0.29, 0.717) is 6.54 Å². The van der Waals surface area contributed by atoms with Crippen LogP contribution in [0.25, 0.3) is 0 Å². The van der Waals surface area contributed by atoms with Crippen molar-refractivity contribution in [3.8, 4) is 0 Å². The Kier molecular flexibility index (Phi) is 6.55. The van der Waals surface area contributed by atoms with E-state index in [1.54, 1.807) is 12.1 Å². The van der Waals surface area contributed by atoms with E-state index >= 15 is 0 Å². The summed E-state index contributed by atoms with van der Waals surface area (Å²) in [4.78, 5) is 11.0. The fourth-order valence-electron chi connectivity index (χ4n) is 2.04. The number of benzene rings is 2. The van der Waals surface area contributed by atoms with Gasteiger partial charge in [0, 0.05) is 6.54 Å². The number of carbonyl (C=O) groups is 1. The first-order chi connectivity index (χ1) is 9.68. The molecule has 0 saturated carbocycles. The highest BCUT2D eigenvalue weighted by atomic mass is 16.4. The first-order valence-corrected chi connectivity index (χ1v) is 6.41. The Morgan fingerprint density at radius 1 is 1.00 bits per heavy atom. The van der Waals surface area contributed by atoms with Crippen LogP contribution >= 0.6 is 0 Å². The minimum absolute atomic E-state index is 0. The van der Waals surface area contributed by atoms with Gasteiger partial charge in [0.05, 0.1) is 6.04 Å². The molecule has 5 nitrogen and oxygen atoms in total. The minimum atomic E-state index is -1.49. The molecule has 0 radical (unpaired) electrons. The third-order valence-corrected chi connectivity index (χ3v) is 3.10. The van der Waals surface area contributed by atoms with E-state index < -0.39 is 18.1 Å². The summed E-state index contributed by atoms with van der Waals surface area (Å²) >= 11 is 0. The first-order valence-electron chi connectivity index (χ1n) is 6.41. The molecule has 2 aromatic carbocycles. The van der Waals surface area contributed by atoms with Gasteiger partial charge in [0.15, 0.2) is 6.10 Å². The lowest BCUT2D eigenvalue weighted by Crippen LogP contribution is -2.37. The molecule has 0 bridgehead atoms. The smallest absolute Gasteiger partial charge is 0.334 e. The number of nitrogens with one attached hydrogen (secondary N) is 1. The predicted molar refractivity (Wildman–Crippen MR) is 79.7 cm³/mol. The molecule has 2 rings (SSSR count). The van der Waals surface area contributed by atoms with Gasteiger partial charge in [-0.25, -0.2) is 4.79 Å². The number of aliphatic hydroxyl groups excluding tert-OH is 1. The molecule has 0 saturated heterocycles. The van der Waals surface area contributed by atoms with Gasteiger partial charge in [-0.15, -0.1) is 0 Å². The lowest BCUT2D eigenvalue weighted by molar-refractivity contribution is -0.148. The second kappa shape index (κ2) is 8.16. The van der Waals surface area contributed by atoms with Crippen LogP contribution in [0, 0.1) is 0 Å². The lowest BCUT2D eigenvalue weighted by Gasteiger charge is -2.22. The van der Waals surface area contributed by atoms with Gasteiger partial charge in [-0.3, -0.25) is 0 Å². The maximum atomic E-state index is 11.0. The Hall–Kier alpha value is -2.21. The van der Waals surface area contributed by atoms with E-state index in [1.807, 2.05) is 48.5 Å². The molecule has 0 aliphatic heterocycles. The summed E-state index contributed by atoms with van der Waals surface area (Å²) in [5, 5.41) is 22.0. The average molecular weight is 289 g/mol. The summed E-state index contributed by atoms with van der Waals surface area (Å²) in [6, 6.07) is 18.1. The maximum absolute atomic E-state index is 11.0. The zero-order chi connectivity index (χ0) is 14.4. The molecule has 0 aliphatic rings. The van der Waals surface area contributed by atoms with E-state index in [9.17, 15) is 9.90 Å². The molecule has 0 fully saturated rings. The highest BCUT2D eigenvalue weighted by Crippen LogP contribution is 2.18. The number of hydrogen-bond donors (Lipinski definition) is 3. The highest BCUT2D eigenvalue weighted by molar-refractivity contribution is 5.73. The van der Waals surface area contributed by atoms with Crippen molar-refractivity contribution in [1.82, 2.24) is 5.32 Å². The van der Waals surface area contributed by atoms with Gasteiger partial charge in [-0.2, -0.15) is 0 Å². The molecule has 2 aromatic rings. The van der Waals surface area contributed by atoms with Gasteiger partial charge in [0.1, 0.15) is 0 Å². The van der Waals surface area contributed by atoms with Crippen molar-refractivity contribution in [1.29, 1.82) is 0 Å². The van der Waals surface area contributed by atoms with Crippen molar-refractivity contribution in [2.24, 2.45) is 0 Å². The van der Waals surface area contributed by atoms with Crippen molar-refractivity contribution >= 4 is 5.97 Å². The number of aliphatic hydroxyl groups is 1. The average Bonchev–Trinajstić information content (AvgIpc) is 2.49. The fraction of sp³-hybridized carbons (Fsp3) is 0.188. The van der Waals surface area contributed by atoms with Crippen molar-refractivity contribution < 1.29 is 20.5 Å².